The summed E-state index contributed by atoms with van der Waals surface area (Å²) in [5.74, 6) is -0.208. The molecule has 3 heterocycles. The van der Waals surface area contributed by atoms with E-state index in [1.54, 1.807) is 0 Å². The van der Waals surface area contributed by atoms with E-state index in [1.807, 2.05) is 34.9 Å². The van der Waals surface area contributed by atoms with E-state index >= 15 is 0 Å². The standard InChI is InChI=1S/C20H27N5O2/c1-23-10-12-24(13-11-23)9-7-22-19(27)6-5-18(21)20-16(15-26)14-17-4-2-3-8-25(17)20/h2-6,8,14,21,26H,7,9-13,15H2,1H3,(H,22,27)/b6-5-,21-18?. The lowest BCUT2D eigenvalue weighted by atomic mass is 10.1. The zero-order valence-corrected chi connectivity index (χ0v) is 15.7. The lowest BCUT2D eigenvalue weighted by Gasteiger charge is -2.32. The average Bonchev–Trinajstić information content (AvgIpc) is 3.06. The van der Waals surface area contributed by atoms with E-state index in [0.29, 0.717) is 17.8 Å². The van der Waals surface area contributed by atoms with Crippen LogP contribution < -0.4 is 5.32 Å². The van der Waals surface area contributed by atoms with Crippen LogP contribution in [0.2, 0.25) is 0 Å². The lowest BCUT2D eigenvalue weighted by molar-refractivity contribution is -0.116. The molecular weight excluding hydrogens is 342 g/mol. The number of aliphatic hydroxyl groups is 1. The highest BCUT2D eigenvalue weighted by atomic mass is 16.3. The first-order valence-electron chi connectivity index (χ1n) is 9.24. The van der Waals surface area contributed by atoms with Gasteiger partial charge in [0.25, 0.3) is 0 Å². The molecule has 144 valence electrons. The molecule has 1 amide bonds. The fourth-order valence-electron chi connectivity index (χ4n) is 3.31. The Morgan fingerprint density at radius 3 is 2.78 bits per heavy atom. The van der Waals surface area contributed by atoms with Crippen LogP contribution in [-0.2, 0) is 11.4 Å². The maximum absolute atomic E-state index is 12.1. The lowest BCUT2D eigenvalue weighted by Crippen LogP contribution is -2.46. The second-order valence-corrected chi connectivity index (χ2v) is 6.85. The average molecular weight is 369 g/mol. The van der Waals surface area contributed by atoms with Gasteiger partial charge < -0.3 is 19.7 Å². The summed E-state index contributed by atoms with van der Waals surface area (Å²) in [6.45, 7) is 5.45. The van der Waals surface area contributed by atoms with Crippen LogP contribution in [0.25, 0.3) is 5.52 Å². The van der Waals surface area contributed by atoms with Gasteiger partial charge in [-0.1, -0.05) is 6.07 Å². The van der Waals surface area contributed by atoms with Crippen LogP contribution in [0, 0.1) is 5.41 Å². The van der Waals surface area contributed by atoms with Gasteiger partial charge in [-0.05, 0) is 31.3 Å². The largest absolute Gasteiger partial charge is 0.392 e. The van der Waals surface area contributed by atoms with Crippen LogP contribution in [0.1, 0.15) is 11.3 Å². The van der Waals surface area contributed by atoms with Gasteiger partial charge in [0.1, 0.15) is 0 Å². The Morgan fingerprint density at radius 2 is 2.04 bits per heavy atom. The summed E-state index contributed by atoms with van der Waals surface area (Å²) >= 11 is 0. The third-order valence-corrected chi connectivity index (χ3v) is 4.91. The summed E-state index contributed by atoms with van der Waals surface area (Å²) in [5, 5.41) is 20.8. The van der Waals surface area contributed by atoms with Crippen LogP contribution in [0.5, 0.6) is 0 Å². The Bertz CT molecular complexity index is 834. The molecule has 2 aromatic rings. The maximum Gasteiger partial charge on any atom is 0.244 e. The normalized spacial score (nSPS) is 16.2. The van der Waals surface area contributed by atoms with Gasteiger partial charge in [0.15, 0.2) is 0 Å². The molecule has 1 aliphatic rings. The molecule has 0 radical (unpaired) electrons. The Kier molecular flexibility index (Phi) is 6.39. The van der Waals surface area contributed by atoms with Gasteiger partial charge in [0.2, 0.25) is 5.91 Å². The number of aromatic nitrogens is 1. The summed E-state index contributed by atoms with van der Waals surface area (Å²) < 4.78 is 1.85. The fraction of sp³-hybridized carbons (Fsp3) is 0.400. The first-order valence-corrected chi connectivity index (χ1v) is 9.24. The SMILES string of the molecule is CN1CCN(CCNC(=O)/C=C\C(=N)c2c(CO)cc3ccccn23)CC1. The highest BCUT2D eigenvalue weighted by Crippen LogP contribution is 2.17. The number of allylic oxidation sites excluding steroid dienone is 1. The van der Waals surface area contributed by atoms with E-state index in [1.165, 1.54) is 12.2 Å². The zero-order chi connectivity index (χ0) is 19.2. The molecule has 1 fully saturated rings. The maximum atomic E-state index is 12.1. The minimum absolute atomic E-state index is 0.148. The number of carbonyl (C=O) groups excluding carboxylic acids is 1. The number of pyridine rings is 1. The molecule has 1 aliphatic heterocycles. The second kappa shape index (κ2) is 8.94. The third-order valence-electron chi connectivity index (χ3n) is 4.91. The van der Waals surface area contributed by atoms with Crippen molar-refractivity contribution in [1.82, 2.24) is 19.5 Å². The van der Waals surface area contributed by atoms with E-state index in [4.69, 9.17) is 5.41 Å². The van der Waals surface area contributed by atoms with Crippen molar-refractivity contribution in [3.8, 4) is 0 Å². The number of nitrogens with zero attached hydrogens (tertiary/aromatic N) is 3. The van der Waals surface area contributed by atoms with E-state index in [9.17, 15) is 9.90 Å². The summed E-state index contributed by atoms with van der Waals surface area (Å²) in [6.07, 6.45) is 4.72. The Labute approximate surface area is 159 Å². The molecule has 0 unspecified atom stereocenters. The van der Waals surface area contributed by atoms with E-state index in [2.05, 4.69) is 22.2 Å². The van der Waals surface area contributed by atoms with Gasteiger partial charge in [0, 0.05) is 62.6 Å². The van der Waals surface area contributed by atoms with Crippen molar-refractivity contribution in [2.24, 2.45) is 0 Å². The molecule has 0 saturated carbocycles. The van der Waals surface area contributed by atoms with Gasteiger partial charge in [0.05, 0.1) is 18.0 Å². The van der Waals surface area contributed by atoms with Gasteiger partial charge in [-0.15, -0.1) is 0 Å². The van der Waals surface area contributed by atoms with Crippen molar-refractivity contribution in [2.75, 3.05) is 46.3 Å². The number of hydrogen-bond donors (Lipinski definition) is 3. The molecule has 0 spiro atoms. The molecule has 2 aromatic heterocycles. The van der Waals surface area contributed by atoms with Crippen LogP contribution in [0.3, 0.4) is 0 Å². The molecule has 0 atom stereocenters. The number of hydrogen-bond acceptors (Lipinski definition) is 5. The monoisotopic (exact) mass is 369 g/mol. The summed E-state index contributed by atoms with van der Waals surface area (Å²) in [7, 11) is 2.12. The molecule has 0 aliphatic carbocycles. The number of carbonyl (C=O) groups is 1. The first-order chi connectivity index (χ1) is 13.1. The third kappa shape index (κ3) is 4.82. The molecule has 3 N–H and O–H groups in total. The minimum Gasteiger partial charge on any atom is -0.392 e. The Morgan fingerprint density at radius 1 is 1.26 bits per heavy atom. The van der Waals surface area contributed by atoms with Crippen molar-refractivity contribution >= 4 is 17.1 Å². The molecule has 3 rings (SSSR count). The van der Waals surface area contributed by atoms with E-state index < -0.39 is 0 Å². The number of likely N-dealkylation sites (N-methyl/N-ethyl adjacent to an activating group) is 1. The number of rotatable bonds is 7. The van der Waals surface area contributed by atoms with Crippen molar-refractivity contribution in [2.45, 2.75) is 6.61 Å². The summed E-state index contributed by atoms with van der Waals surface area (Å²) in [4.78, 5) is 16.7. The van der Waals surface area contributed by atoms with Gasteiger partial charge >= 0.3 is 0 Å². The Balaban J connectivity index is 1.54. The zero-order valence-electron chi connectivity index (χ0n) is 15.7. The van der Waals surface area contributed by atoms with Gasteiger partial charge in [-0.3, -0.25) is 15.1 Å². The van der Waals surface area contributed by atoms with Crippen LogP contribution >= 0.6 is 0 Å². The molecule has 0 aromatic carbocycles. The second-order valence-electron chi connectivity index (χ2n) is 6.85. The summed E-state index contributed by atoms with van der Waals surface area (Å²) in [6, 6.07) is 7.56. The quantitative estimate of drug-likeness (QED) is 0.496. The smallest absolute Gasteiger partial charge is 0.244 e. The van der Waals surface area contributed by atoms with Crippen LogP contribution in [-0.4, -0.2) is 77.2 Å². The summed E-state index contributed by atoms with van der Waals surface area (Å²) in [5.41, 5.74) is 2.38. The van der Waals surface area contributed by atoms with Gasteiger partial charge in [-0.25, -0.2) is 0 Å². The van der Waals surface area contributed by atoms with Crippen molar-refractivity contribution in [1.29, 1.82) is 5.41 Å². The molecule has 0 bridgehead atoms. The number of piperazine rings is 1. The molecule has 1 saturated heterocycles. The minimum atomic E-state index is -0.208. The number of nitrogens with one attached hydrogen (secondary N) is 2. The number of amides is 1. The molecule has 7 heteroatoms. The number of fused-ring (bicyclic) bond motifs is 1. The van der Waals surface area contributed by atoms with Crippen LogP contribution in [0.15, 0.2) is 42.6 Å². The first kappa shape index (κ1) is 19.3. The van der Waals surface area contributed by atoms with Crippen molar-refractivity contribution < 1.29 is 9.90 Å². The van der Waals surface area contributed by atoms with Crippen molar-refractivity contribution in [3.05, 3.63) is 53.9 Å². The van der Waals surface area contributed by atoms with E-state index in [0.717, 1.165) is 38.2 Å². The molecular formula is C20H27N5O2. The van der Waals surface area contributed by atoms with Gasteiger partial charge in [-0.2, -0.15) is 0 Å². The van der Waals surface area contributed by atoms with E-state index in [-0.39, 0.29) is 18.2 Å². The highest BCUT2D eigenvalue weighted by molar-refractivity contribution is 6.09. The topological polar surface area (TPSA) is 84.1 Å². The highest BCUT2D eigenvalue weighted by Gasteiger charge is 2.14. The van der Waals surface area contributed by atoms with Crippen LogP contribution in [0.4, 0.5) is 0 Å². The molecule has 27 heavy (non-hydrogen) atoms. The predicted octanol–water partition coefficient (Wildman–Crippen LogP) is 0.719. The Hall–Kier alpha value is -2.48. The predicted molar refractivity (Wildman–Crippen MR) is 106 cm³/mol. The number of aliphatic hydroxyl groups excluding tert-OH is 1. The molecule has 7 nitrogen and oxygen atoms in total. The fourth-order valence-corrected chi connectivity index (χ4v) is 3.31. The van der Waals surface area contributed by atoms with Crippen molar-refractivity contribution in [3.63, 3.8) is 0 Å².